The molecular formula is C22H16F2N2O3S. The van der Waals surface area contributed by atoms with E-state index in [1.54, 1.807) is 17.5 Å². The van der Waals surface area contributed by atoms with Crippen LogP contribution in [0.1, 0.15) is 21.7 Å². The highest BCUT2D eigenvalue weighted by Gasteiger charge is 2.44. The van der Waals surface area contributed by atoms with E-state index in [1.807, 2.05) is 0 Å². The standard InChI is InChI=1S/C22H16F2N2O3S/c23-15-5-3-14(4-6-15)13-25(22(29)19-2-1-11-30-19)18-12-20(27)26(21(18)28)17-9-7-16(24)8-10-17/h1-11,18H,12-13H2. The van der Waals surface area contributed by atoms with Crippen LogP contribution >= 0.6 is 11.3 Å². The summed E-state index contributed by atoms with van der Waals surface area (Å²) in [6, 6.07) is 13.0. The summed E-state index contributed by atoms with van der Waals surface area (Å²) in [4.78, 5) is 41.6. The van der Waals surface area contributed by atoms with Crippen molar-refractivity contribution < 1.29 is 23.2 Å². The topological polar surface area (TPSA) is 57.7 Å². The van der Waals surface area contributed by atoms with Gasteiger partial charge in [0, 0.05) is 6.54 Å². The van der Waals surface area contributed by atoms with Crippen LogP contribution in [0.4, 0.5) is 14.5 Å². The van der Waals surface area contributed by atoms with Crippen molar-refractivity contribution in [1.29, 1.82) is 0 Å². The first-order valence-corrected chi connectivity index (χ1v) is 10.0. The number of amides is 3. The molecular weight excluding hydrogens is 410 g/mol. The SMILES string of the molecule is O=C1CC(N(Cc2ccc(F)cc2)C(=O)c2cccs2)C(=O)N1c1ccc(F)cc1. The molecule has 3 aromatic rings. The number of hydrogen-bond acceptors (Lipinski definition) is 4. The Morgan fingerprint density at radius 1 is 1.00 bits per heavy atom. The lowest BCUT2D eigenvalue weighted by Gasteiger charge is -2.27. The average molecular weight is 426 g/mol. The van der Waals surface area contributed by atoms with Crippen LogP contribution in [0.2, 0.25) is 0 Å². The highest BCUT2D eigenvalue weighted by atomic mass is 32.1. The molecule has 8 heteroatoms. The summed E-state index contributed by atoms with van der Waals surface area (Å²) in [5, 5.41) is 1.75. The van der Waals surface area contributed by atoms with Crippen LogP contribution < -0.4 is 4.90 Å². The van der Waals surface area contributed by atoms with Gasteiger partial charge in [-0.2, -0.15) is 0 Å². The molecule has 1 atom stereocenters. The minimum Gasteiger partial charge on any atom is -0.321 e. The van der Waals surface area contributed by atoms with Crippen LogP contribution in [0.15, 0.2) is 66.0 Å². The number of anilines is 1. The van der Waals surface area contributed by atoms with Gasteiger partial charge in [-0.25, -0.2) is 13.7 Å². The molecule has 2 aromatic carbocycles. The first-order valence-electron chi connectivity index (χ1n) is 9.15. The summed E-state index contributed by atoms with van der Waals surface area (Å²) in [5.74, 6) is -2.32. The normalized spacial score (nSPS) is 16.2. The first kappa shape index (κ1) is 19.9. The Hall–Kier alpha value is -3.39. The van der Waals surface area contributed by atoms with E-state index in [-0.39, 0.29) is 24.6 Å². The molecule has 0 radical (unpaired) electrons. The first-order chi connectivity index (χ1) is 14.4. The maximum absolute atomic E-state index is 13.3. The van der Waals surface area contributed by atoms with Gasteiger partial charge in [0.15, 0.2) is 0 Å². The Bertz CT molecular complexity index is 1080. The second-order valence-corrected chi connectivity index (χ2v) is 7.75. The van der Waals surface area contributed by atoms with Crippen molar-refractivity contribution in [3.63, 3.8) is 0 Å². The van der Waals surface area contributed by atoms with Crippen LogP contribution in [0, 0.1) is 11.6 Å². The Morgan fingerprint density at radius 3 is 2.23 bits per heavy atom. The molecule has 1 fully saturated rings. The van der Waals surface area contributed by atoms with Gasteiger partial charge in [-0.05, 0) is 53.4 Å². The fourth-order valence-corrected chi connectivity index (χ4v) is 4.05. The lowest BCUT2D eigenvalue weighted by atomic mass is 10.1. The third-order valence-electron chi connectivity index (χ3n) is 4.84. The van der Waals surface area contributed by atoms with Crippen molar-refractivity contribution in [3.05, 3.63) is 88.1 Å². The molecule has 30 heavy (non-hydrogen) atoms. The van der Waals surface area contributed by atoms with Crippen molar-refractivity contribution in [2.45, 2.75) is 19.0 Å². The second kappa shape index (κ2) is 8.16. The van der Waals surface area contributed by atoms with Crippen molar-refractivity contribution in [3.8, 4) is 0 Å². The number of benzene rings is 2. The Balaban J connectivity index is 1.66. The number of thiophene rings is 1. The van der Waals surface area contributed by atoms with E-state index in [2.05, 4.69) is 0 Å². The van der Waals surface area contributed by atoms with E-state index in [0.717, 1.165) is 17.0 Å². The zero-order valence-electron chi connectivity index (χ0n) is 15.6. The lowest BCUT2D eigenvalue weighted by Crippen LogP contribution is -2.44. The molecule has 3 amide bonds. The van der Waals surface area contributed by atoms with Gasteiger partial charge in [0.2, 0.25) is 5.91 Å². The number of imide groups is 1. The molecule has 1 aliphatic heterocycles. The minimum absolute atomic E-state index is 0.0396. The summed E-state index contributed by atoms with van der Waals surface area (Å²) in [5.41, 5.74) is 0.876. The monoisotopic (exact) mass is 426 g/mol. The predicted octanol–water partition coefficient (Wildman–Crippen LogP) is 4.00. The zero-order valence-corrected chi connectivity index (χ0v) is 16.4. The highest BCUT2D eigenvalue weighted by Crippen LogP contribution is 2.28. The van der Waals surface area contributed by atoms with Crippen molar-refractivity contribution in [1.82, 2.24) is 4.90 Å². The maximum Gasteiger partial charge on any atom is 0.264 e. The molecule has 152 valence electrons. The van der Waals surface area contributed by atoms with Gasteiger partial charge >= 0.3 is 0 Å². The highest BCUT2D eigenvalue weighted by molar-refractivity contribution is 7.12. The fourth-order valence-electron chi connectivity index (χ4n) is 3.37. The van der Waals surface area contributed by atoms with E-state index in [9.17, 15) is 23.2 Å². The van der Waals surface area contributed by atoms with Crippen LogP contribution in [0.3, 0.4) is 0 Å². The van der Waals surface area contributed by atoms with Gasteiger partial charge in [-0.3, -0.25) is 14.4 Å². The molecule has 2 heterocycles. The Morgan fingerprint density at radius 2 is 1.63 bits per heavy atom. The second-order valence-electron chi connectivity index (χ2n) is 6.80. The number of halogens is 2. The van der Waals surface area contributed by atoms with Gasteiger partial charge < -0.3 is 4.90 Å². The Kier molecular flexibility index (Phi) is 5.41. The number of nitrogens with zero attached hydrogens (tertiary/aromatic N) is 2. The van der Waals surface area contributed by atoms with Gasteiger partial charge in [0.1, 0.15) is 17.7 Å². The van der Waals surface area contributed by atoms with Crippen molar-refractivity contribution in [2.75, 3.05) is 4.90 Å². The van der Waals surface area contributed by atoms with Crippen molar-refractivity contribution in [2.24, 2.45) is 0 Å². The Labute approximate surface area is 175 Å². The largest absolute Gasteiger partial charge is 0.321 e. The van der Waals surface area contributed by atoms with Gasteiger partial charge in [0.25, 0.3) is 11.8 Å². The molecule has 1 aromatic heterocycles. The molecule has 5 nitrogen and oxygen atoms in total. The van der Waals surface area contributed by atoms with E-state index >= 15 is 0 Å². The number of hydrogen-bond donors (Lipinski definition) is 0. The molecule has 0 aliphatic carbocycles. The molecule has 1 saturated heterocycles. The molecule has 1 unspecified atom stereocenters. The third-order valence-corrected chi connectivity index (χ3v) is 5.70. The van der Waals surface area contributed by atoms with Crippen LogP contribution in [-0.4, -0.2) is 28.7 Å². The summed E-state index contributed by atoms with van der Waals surface area (Å²) in [6.45, 7) is 0.0396. The minimum atomic E-state index is -1.01. The molecule has 0 saturated carbocycles. The van der Waals surface area contributed by atoms with E-state index < -0.39 is 29.5 Å². The smallest absolute Gasteiger partial charge is 0.264 e. The quantitative estimate of drug-likeness (QED) is 0.580. The third kappa shape index (κ3) is 3.86. The molecule has 0 spiro atoms. The van der Waals surface area contributed by atoms with Crippen LogP contribution in [-0.2, 0) is 16.1 Å². The molecule has 0 N–H and O–H groups in total. The molecule has 1 aliphatic rings. The average Bonchev–Trinajstić information content (AvgIpc) is 3.37. The van der Waals surface area contributed by atoms with Crippen molar-refractivity contribution >= 4 is 34.7 Å². The molecule has 4 rings (SSSR count). The summed E-state index contributed by atoms with van der Waals surface area (Å²) in [6.07, 6.45) is -0.186. The number of carbonyl (C=O) groups excluding carboxylic acids is 3. The fraction of sp³-hybridized carbons (Fsp3) is 0.136. The summed E-state index contributed by atoms with van der Waals surface area (Å²) < 4.78 is 26.5. The van der Waals surface area contributed by atoms with E-state index in [0.29, 0.717) is 10.4 Å². The van der Waals surface area contributed by atoms with Crippen LogP contribution in [0.5, 0.6) is 0 Å². The van der Waals surface area contributed by atoms with E-state index in [1.165, 1.54) is 52.6 Å². The molecule has 0 bridgehead atoms. The van der Waals surface area contributed by atoms with Crippen LogP contribution in [0.25, 0.3) is 0 Å². The van der Waals surface area contributed by atoms with Gasteiger partial charge in [-0.15, -0.1) is 11.3 Å². The predicted molar refractivity (Wildman–Crippen MR) is 108 cm³/mol. The van der Waals surface area contributed by atoms with Gasteiger partial charge in [-0.1, -0.05) is 18.2 Å². The van der Waals surface area contributed by atoms with Gasteiger partial charge in [0.05, 0.1) is 17.0 Å². The summed E-state index contributed by atoms with van der Waals surface area (Å²) >= 11 is 1.23. The maximum atomic E-state index is 13.3. The lowest BCUT2D eigenvalue weighted by molar-refractivity contribution is -0.122. The summed E-state index contributed by atoms with van der Waals surface area (Å²) in [7, 11) is 0. The van der Waals surface area contributed by atoms with E-state index in [4.69, 9.17) is 0 Å². The number of rotatable bonds is 5. The zero-order chi connectivity index (χ0) is 21.3. The number of carbonyl (C=O) groups is 3.